The number of benzene rings is 1. The molecule has 0 bridgehead atoms. The average molecular weight is 392 g/mol. The van der Waals surface area contributed by atoms with Crippen molar-refractivity contribution < 1.29 is 9.59 Å². The minimum atomic E-state index is -0.351. The van der Waals surface area contributed by atoms with Gasteiger partial charge in [0.15, 0.2) is 0 Å². The number of hydrogen-bond acceptors (Lipinski definition) is 4. The standard InChI is InChI=1S/C21H33N3O2S/c1-14-9-8-11-17(15(14)2)23-21(26)16(3)24(4)13-20(25)22-18-10-6-7-12-19(18)27-5/h6-7,10,12,14-17H,8-9,11,13H2,1-5H3,(H,22,25)(H,23,26)/t14-,15-,16-,17+/m1/s1. The van der Waals surface area contributed by atoms with Crippen molar-refractivity contribution in [3.05, 3.63) is 24.3 Å². The van der Waals surface area contributed by atoms with E-state index in [0.29, 0.717) is 11.8 Å². The van der Waals surface area contributed by atoms with Gasteiger partial charge in [0.25, 0.3) is 0 Å². The van der Waals surface area contributed by atoms with E-state index in [1.165, 1.54) is 6.42 Å². The lowest BCUT2D eigenvalue weighted by atomic mass is 9.78. The first kappa shape index (κ1) is 21.8. The fourth-order valence-corrected chi connectivity index (χ4v) is 4.14. The molecular formula is C21H33N3O2S. The summed E-state index contributed by atoms with van der Waals surface area (Å²) >= 11 is 1.59. The first-order valence-corrected chi connectivity index (χ1v) is 11.0. The summed E-state index contributed by atoms with van der Waals surface area (Å²) in [5, 5.41) is 6.15. The van der Waals surface area contributed by atoms with E-state index >= 15 is 0 Å². The zero-order chi connectivity index (χ0) is 20.0. The van der Waals surface area contributed by atoms with Crippen LogP contribution in [0.4, 0.5) is 5.69 Å². The van der Waals surface area contributed by atoms with Crippen molar-refractivity contribution in [2.75, 3.05) is 25.2 Å². The molecule has 1 saturated carbocycles. The van der Waals surface area contributed by atoms with Gasteiger partial charge in [-0.25, -0.2) is 0 Å². The summed E-state index contributed by atoms with van der Waals surface area (Å²) < 4.78 is 0. The minimum Gasteiger partial charge on any atom is -0.352 e. The Morgan fingerprint density at radius 3 is 2.67 bits per heavy atom. The van der Waals surface area contributed by atoms with Gasteiger partial charge in [0.2, 0.25) is 11.8 Å². The molecule has 27 heavy (non-hydrogen) atoms. The van der Waals surface area contributed by atoms with E-state index in [-0.39, 0.29) is 30.4 Å². The first-order chi connectivity index (χ1) is 12.8. The van der Waals surface area contributed by atoms with Crippen molar-refractivity contribution >= 4 is 29.3 Å². The topological polar surface area (TPSA) is 61.4 Å². The predicted octanol–water partition coefficient (Wildman–Crippen LogP) is 3.61. The summed E-state index contributed by atoms with van der Waals surface area (Å²) in [4.78, 5) is 27.9. The zero-order valence-electron chi connectivity index (χ0n) is 17.1. The fraction of sp³-hybridized carbons (Fsp3) is 0.619. The Balaban J connectivity index is 1.87. The lowest BCUT2D eigenvalue weighted by molar-refractivity contribution is -0.127. The molecule has 1 aliphatic rings. The summed E-state index contributed by atoms with van der Waals surface area (Å²) in [7, 11) is 1.82. The number of amides is 2. The second-order valence-corrected chi connectivity index (χ2v) is 8.57. The average Bonchev–Trinajstić information content (AvgIpc) is 2.65. The monoisotopic (exact) mass is 391 g/mol. The van der Waals surface area contributed by atoms with Crippen molar-refractivity contribution in [2.45, 2.75) is 57.0 Å². The summed E-state index contributed by atoms with van der Waals surface area (Å²) in [5.74, 6) is 1.02. The molecule has 1 aliphatic carbocycles. The summed E-state index contributed by atoms with van der Waals surface area (Å²) in [6.45, 7) is 6.51. The molecule has 5 nitrogen and oxygen atoms in total. The molecule has 4 atom stereocenters. The van der Waals surface area contributed by atoms with E-state index in [1.807, 2.05) is 44.5 Å². The second-order valence-electron chi connectivity index (χ2n) is 7.72. The molecule has 2 N–H and O–H groups in total. The second kappa shape index (κ2) is 10.1. The van der Waals surface area contributed by atoms with Crippen LogP contribution in [0.3, 0.4) is 0 Å². The van der Waals surface area contributed by atoms with Gasteiger partial charge in [-0.05, 0) is 50.6 Å². The highest BCUT2D eigenvalue weighted by atomic mass is 32.2. The highest BCUT2D eigenvalue weighted by Gasteiger charge is 2.30. The highest BCUT2D eigenvalue weighted by molar-refractivity contribution is 7.98. The highest BCUT2D eigenvalue weighted by Crippen LogP contribution is 2.29. The summed E-state index contributed by atoms with van der Waals surface area (Å²) in [6.07, 6.45) is 5.43. The van der Waals surface area contributed by atoms with E-state index in [4.69, 9.17) is 0 Å². The molecule has 0 radical (unpaired) electrons. The van der Waals surface area contributed by atoms with Gasteiger partial charge in [-0.15, -0.1) is 11.8 Å². The third-order valence-electron chi connectivity index (χ3n) is 5.85. The van der Waals surface area contributed by atoms with Crippen LogP contribution in [0.5, 0.6) is 0 Å². The Hall–Kier alpha value is -1.53. The van der Waals surface area contributed by atoms with Crippen LogP contribution in [0.2, 0.25) is 0 Å². The van der Waals surface area contributed by atoms with Crippen LogP contribution >= 0.6 is 11.8 Å². The molecule has 6 heteroatoms. The quantitative estimate of drug-likeness (QED) is 0.697. The molecule has 0 aromatic heterocycles. The van der Waals surface area contributed by atoms with Crippen LogP contribution in [0.25, 0.3) is 0 Å². The van der Waals surface area contributed by atoms with E-state index in [2.05, 4.69) is 24.5 Å². The lowest BCUT2D eigenvalue weighted by Crippen LogP contribution is -2.51. The number of para-hydroxylation sites is 1. The molecule has 0 aliphatic heterocycles. The molecule has 2 rings (SSSR count). The largest absolute Gasteiger partial charge is 0.352 e. The van der Waals surface area contributed by atoms with E-state index in [9.17, 15) is 9.59 Å². The van der Waals surface area contributed by atoms with Crippen molar-refractivity contribution in [1.29, 1.82) is 0 Å². The smallest absolute Gasteiger partial charge is 0.238 e. The zero-order valence-corrected chi connectivity index (χ0v) is 17.9. The van der Waals surface area contributed by atoms with Crippen LogP contribution in [0.15, 0.2) is 29.2 Å². The van der Waals surface area contributed by atoms with E-state index < -0.39 is 0 Å². The van der Waals surface area contributed by atoms with Gasteiger partial charge in [0.1, 0.15) is 0 Å². The third kappa shape index (κ3) is 5.98. The molecule has 1 aromatic carbocycles. The molecule has 1 fully saturated rings. The number of carbonyl (C=O) groups is 2. The molecule has 2 amide bonds. The lowest BCUT2D eigenvalue weighted by Gasteiger charge is -2.36. The number of nitrogens with one attached hydrogen (secondary N) is 2. The Morgan fingerprint density at radius 2 is 1.96 bits per heavy atom. The van der Waals surface area contributed by atoms with E-state index in [1.54, 1.807) is 16.7 Å². The molecular weight excluding hydrogens is 358 g/mol. The number of carbonyl (C=O) groups excluding carboxylic acids is 2. The number of nitrogens with zero attached hydrogens (tertiary/aromatic N) is 1. The normalized spacial score (nSPS) is 23.7. The molecule has 0 saturated heterocycles. The summed E-state index contributed by atoms with van der Waals surface area (Å²) in [6, 6.07) is 7.61. The maximum atomic E-state index is 12.7. The van der Waals surface area contributed by atoms with E-state index in [0.717, 1.165) is 23.4 Å². The van der Waals surface area contributed by atoms with Gasteiger partial charge in [-0.1, -0.05) is 38.8 Å². The van der Waals surface area contributed by atoms with Gasteiger partial charge in [-0.3, -0.25) is 14.5 Å². The Kier molecular flexibility index (Phi) is 8.17. The first-order valence-electron chi connectivity index (χ1n) is 9.77. The van der Waals surface area contributed by atoms with Gasteiger partial charge in [0.05, 0.1) is 18.3 Å². The van der Waals surface area contributed by atoms with Gasteiger partial charge < -0.3 is 10.6 Å². The third-order valence-corrected chi connectivity index (χ3v) is 6.64. The van der Waals surface area contributed by atoms with Crippen LogP contribution in [-0.2, 0) is 9.59 Å². The fourth-order valence-electron chi connectivity index (χ4n) is 3.59. The number of thioether (sulfide) groups is 1. The number of hydrogen-bond donors (Lipinski definition) is 2. The van der Waals surface area contributed by atoms with Crippen LogP contribution in [0, 0.1) is 11.8 Å². The molecule has 0 heterocycles. The Bertz CT molecular complexity index is 652. The summed E-state index contributed by atoms with van der Waals surface area (Å²) in [5.41, 5.74) is 0.811. The van der Waals surface area contributed by atoms with Crippen molar-refractivity contribution in [3.8, 4) is 0 Å². The molecule has 150 valence electrons. The van der Waals surface area contributed by atoms with Crippen molar-refractivity contribution in [3.63, 3.8) is 0 Å². The maximum Gasteiger partial charge on any atom is 0.238 e. The van der Waals surface area contributed by atoms with Gasteiger partial charge in [0, 0.05) is 10.9 Å². The molecule has 0 unspecified atom stereocenters. The van der Waals surface area contributed by atoms with Crippen molar-refractivity contribution in [1.82, 2.24) is 10.2 Å². The molecule has 1 aromatic rings. The molecule has 0 spiro atoms. The number of rotatable bonds is 7. The maximum absolute atomic E-state index is 12.7. The van der Waals surface area contributed by atoms with Crippen LogP contribution < -0.4 is 10.6 Å². The van der Waals surface area contributed by atoms with Gasteiger partial charge >= 0.3 is 0 Å². The van der Waals surface area contributed by atoms with Crippen LogP contribution in [-0.4, -0.2) is 48.6 Å². The SMILES string of the molecule is CSc1ccccc1NC(=O)CN(C)[C@H](C)C(=O)N[C@H]1CCC[C@@H](C)[C@H]1C. The predicted molar refractivity (Wildman–Crippen MR) is 113 cm³/mol. The minimum absolute atomic E-state index is 0.000707. The Morgan fingerprint density at radius 1 is 1.26 bits per heavy atom. The number of anilines is 1. The van der Waals surface area contributed by atoms with Crippen molar-refractivity contribution in [2.24, 2.45) is 11.8 Å². The van der Waals surface area contributed by atoms with Crippen LogP contribution in [0.1, 0.15) is 40.0 Å². The number of likely N-dealkylation sites (N-methyl/N-ethyl adjacent to an activating group) is 1. The van der Waals surface area contributed by atoms with Gasteiger partial charge in [-0.2, -0.15) is 0 Å². The Labute approximate surface area is 167 Å².